The largest absolute Gasteiger partial charge is 0.378 e. The molecule has 0 aliphatic carbocycles. The highest BCUT2D eigenvalue weighted by Crippen LogP contribution is 2.25. The number of nitro groups is 1. The average Bonchev–Trinajstić information content (AvgIpc) is 2.69. The summed E-state index contributed by atoms with van der Waals surface area (Å²) < 4.78 is 5.43. The van der Waals surface area contributed by atoms with Crippen molar-refractivity contribution in [2.24, 2.45) is 5.73 Å². The zero-order valence-electron chi connectivity index (χ0n) is 15.8. The number of nitro benzene ring substituents is 1. The van der Waals surface area contributed by atoms with Crippen molar-refractivity contribution >= 4 is 17.3 Å². The Morgan fingerprint density at radius 1 is 1.18 bits per heavy atom. The van der Waals surface area contributed by atoms with Crippen LogP contribution in [0.3, 0.4) is 0 Å². The molecule has 0 radical (unpaired) electrons. The van der Waals surface area contributed by atoms with Crippen LogP contribution in [0.5, 0.6) is 0 Å². The summed E-state index contributed by atoms with van der Waals surface area (Å²) in [5.41, 5.74) is 8.14. The topological polar surface area (TPSA) is 102 Å². The van der Waals surface area contributed by atoms with Crippen LogP contribution < -0.4 is 10.6 Å². The normalized spacial score (nSPS) is 14.3. The number of hydrogen-bond donors (Lipinski definition) is 1. The van der Waals surface area contributed by atoms with Crippen molar-refractivity contribution in [2.75, 3.05) is 38.3 Å². The van der Waals surface area contributed by atoms with Gasteiger partial charge in [-0.15, -0.1) is 0 Å². The first kappa shape index (κ1) is 19.8. The molecule has 0 unspecified atom stereocenters. The minimum absolute atomic E-state index is 0.0929. The van der Waals surface area contributed by atoms with Crippen LogP contribution in [-0.4, -0.2) is 49.1 Å². The Morgan fingerprint density at radius 2 is 1.86 bits per heavy atom. The molecule has 0 atom stereocenters. The second-order valence-corrected chi connectivity index (χ2v) is 6.87. The molecule has 1 fully saturated rings. The number of primary amides is 1. The number of nitrogens with two attached hydrogens (primary N) is 1. The van der Waals surface area contributed by atoms with Crippen molar-refractivity contribution in [3.63, 3.8) is 0 Å². The SMILES string of the molecule is CN(Cc1ccccc1N1CCOCC1)Cc1ccc(C(N)=O)cc1[N+](=O)[O-]. The molecule has 8 heteroatoms. The molecule has 1 amide bonds. The Hall–Kier alpha value is -2.97. The number of anilines is 1. The summed E-state index contributed by atoms with van der Waals surface area (Å²) in [7, 11) is 1.92. The van der Waals surface area contributed by atoms with Gasteiger partial charge >= 0.3 is 0 Å². The van der Waals surface area contributed by atoms with Crippen LogP contribution in [0, 0.1) is 10.1 Å². The van der Waals surface area contributed by atoms with Crippen molar-refractivity contribution in [2.45, 2.75) is 13.1 Å². The number of benzene rings is 2. The summed E-state index contributed by atoms with van der Waals surface area (Å²) in [6.07, 6.45) is 0. The zero-order chi connectivity index (χ0) is 20.1. The van der Waals surface area contributed by atoms with Crippen molar-refractivity contribution in [3.05, 3.63) is 69.3 Å². The van der Waals surface area contributed by atoms with E-state index in [4.69, 9.17) is 10.5 Å². The summed E-state index contributed by atoms with van der Waals surface area (Å²) >= 11 is 0. The lowest BCUT2D eigenvalue weighted by Crippen LogP contribution is -2.37. The smallest absolute Gasteiger partial charge is 0.274 e. The monoisotopic (exact) mass is 384 g/mol. The van der Waals surface area contributed by atoms with Gasteiger partial charge in [-0.1, -0.05) is 24.3 Å². The Bertz CT molecular complexity index is 865. The molecule has 0 saturated carbocycles. The lowest BCUT2D eigenvalue weighted by molar-refractivity contribution is -0.385. The van der Waals surface area contributed by atoms with E-state index in [1.165, 1.54) is 12.1 Å². The van der Waals surface area contributed by atoms with E-state index in [0.717, 1.165) is 24.3 Å². The minimum Gasteiger partial charge on any atom is -0.378 e. The maximum atomic E-state index is 11.4. The van der Waals surface area contributed by atoms with E-state index < -0.39 is 10.8 Å². The molecule has 0 spiro atoms. The predicted molar refractivity (Wildman–Crippen MR) is 106 cm³/mol. The summed E-state index contributed by atoms with van der Waals surface area (Å²) in [6, 6.07) is 12.6. The third-order valence-corrected chi connectivity index (χ3v) is 4.79. The number of nitrogens with zero attached hydrogens (tertiary/aromatic N) is 3. The van der Waals surface area contributed by atoms with Crippen molar-refractivity contribution in [3.8, 4) is 0 Å². The molecule has 1 aliphatic rings. The summed E-state index contributed by atoms with van der Waals surface area (Å²) in [5, 5.41) is 11.4. The van der Waals surface area contributed by atoms with E-state index in [1.54, 1.807) is 6.07 Å². The van der Waals surface area contributed by atoms with Crippen molar-refractivity contribution in [1.29, 1.82) is 0 Å². The molecule has 1 heterocycles. The van der Waals surface area contributed by atoms with E-state index in [0.29, 0.717) is 31.9 Å². The maximum absolute atomic E-state index is 11.4. The molecule has 148 valence electrons. The number of para-hydroxylation sites is 1. The summed E-state index contributed by atoms with van der Waals surface area (Å²) in [4.78, 5) is 26.6. The highest BCUT2D eigenvalue weighted by atomic mass is 16.6. The third kappa shape index (κ3) is 4.65. The van der Waals surface area contributed by atoms with Crippen LogP contribution >= 0.6 is 0 Å². The second-order valence-electron chi connectivity index (χ2n) is 6.87. The third-order valence-electron chi connectivity index (χ3n) is 4.79. The number of ether oxygens (including phenoxy) is 1. The number of hydrogen-bond acceptors (Lipinski definition) is 6. The van der Waals surface area contributed by atoms with E-state index >= 15 is 0 Å². The fourth-order valence-electron chi connectivity index (χ4n) is 3.42. The first-order chi connectivity index (χ1) is 13.5. The lowest BCUT2D eigenvalue weighted by Gasteiger charge is -2.31. The van der Waals surface area contributed by atoms with Crippen molar-refractivity contribution < 1.29 is 14.5 Å². The van der Waals surface area contributed by atoms with Crippen LogP contribution in [0.1, 0.15) is 21.5 Å². The molecule has 1 aliphatic heterocycles. The van der Waals surface area contributed by atoms with E-state index in [-0.39, 0.29) is 11.3 Å². The van der Waals surface area contributed by atoms with E-state index in [9.17, 15) is 14.9 Å². The molecule has 3 rings (SSSR count). The van der Waals surface area contributed by atoms with Gasteiger partial charge in [-0.3, -0.25) is 19.8 Å². The van der Waals surface area contributed by atoms with Gasteiger partial charge in [0.05, 0.1) is 18.1 Å². The average molecular weight is 384 g/mol. The fraction of sp³-hybridized carbons (Fsp3) is 0.350. The zero-order valence-corrected chi connectivity index (χ0v) is 15.8. The van der Waals surface area contributed by atoms with Crippen LogP contribution in [0.4, 0.5) is 11.4 Å². The molecule has 2 aromatic carbocycles. The van der Waals surface area contributed by atoms with Gasteiger partial charge in [0, 0.05) is 49.1 Å². The van der Waals surface area contributed by atoms with Crippen LogP contribution in [0.25, 0.3) is 0 Å². The molecule has 1 saturated heterocycles. The Morgan fingerprint density at radius 3 is 2.54 bits per heavy atom. The molecular formula is C20H24N4O4. The van der Waals surface area contributed by atoms with Gasteiger partial charge in [0.15, 0.2) is 0 Å². The van der Waals surface area contributed by atoms with Gasteiger partial charge in [-0.25, -0.2) is 0 Å². The highest BCUT2D eigenvalue weighted by Gasteiger charge is 2.19. The second kappa shape index (κ2) is 8.81. The molecule has 0 bridgehead atoms. The lowest BCUT2D eigenvalue weighted by atomic mass is 10.1. The molecule has 8 nitrogen and oxygen atoms in total. The molecule has 2 N–H and O–H groups in total. The Labute approximate surface area is 163 Å². The number of carbonyl (C=O) groups excluding carboxylic acids is 1. The van der Waals surface area contributed by atoms with Gasteiger partial charge in [-0.05, 0) is 24.7 Å². The van der Waals surface area contributed by atoms with E-state index in [2.05, 4.69) is 17.0 Å². The first-order valence-corrected chi connectivity index (χ1v) is 9.12. The first-order valence-electron chi connectivity index (χ1n) is 9.12. The van der Waals surface area contributed by atoms with Crippen LogP contribution in [0.2, 0.25) is 0 Å². The fourth-order valence-corrected chi connectivity index (χ4v) is 3.42. The standard InChI is InChI=1S/C20H24N4O4/c1-22(14-17-7-6-15(20(21)25)12-19(17)24(26)27)13-16-4-2-3-5-18(16)23-8-10-28-11-9-23/h2-7,12H,8-11,13-14H2,1H3,(H2,21,25). The summed E-state index contributed by atoms with van der Waals surface area (Å²) in [6.45, 7) is 4.14. The number of morpholine rings is 1. The van der Waals surface area contributed by atoms with Gasteiger partial charge < -0.3 is 15.4 Å². The van der Waals surface area contributed by atoms with Gasteiger partial charge in [-0.2, -0.15) is 0 Å². The Kier molecular flexibility index (Phi) is 6.23. The van der Waals surface area contributed by atoms with Crippen LogP contribution in [-0.2, 0) is 17.8 Å². The maximum Gasteiger partial charge on any atom is 0.274 e. The molecule has 28 heavy (non-hydrogen) atoms. The summed E-state index contributed by atoms with van der Waals surface area (Å²) in [5.74, 6) is -0.678. The number of carbonyl (C=O) groups is 1. The van der Waals surface area contributed by atoms with Crippen LogP contribution in [0.15, 0.2) is 42.5 Å². The molecular weight excluding hydrogens is 360 g/mol. The minimum atomic E-state index is -0.678. The highest BCUT2D eigenvalue weighted by molar-refractivity contribution is 5.93. The van der Waals surface area contributed by atoms with E-state index in [1.807, 2.05) is 24.1 Å². The van der Waals surface area contributed by atoms with Gasteiger partial charge in [0.25, 0.3) is 5.69 Å². The number of amides is 1. The Balaban J connectivity index is 1.77. The molecule has 2 aromatic rings. The van der Waals surface area contributed by atoms with Gasteiger partial charge in [0.2, 0.25) is 5.91 Å². The number of rotatable bonds is 7. The predicted octanol–water partition coefficient (Wildman–Crippen LogP) is 2.16. The quantitative estimate of drug-likeness (QED) is 0.580. The molecule has 0 aromatic heterocycles. The van der Waals surface area contributed by atoms with Crippen molar-refractivity contribution in [1.82, 2.24) is 4.90 Å². The van der Waals surface area contributed by atoms with Gasteiger partial charge in [0.1, 0.15) is 0 Å².